The second-order valence-corrected chi connectivity index (χ2v) is 31.5. The lowest BCUT2D eigenvalue weighted by molar-refractivity contribution is -0.252. The summed E-state index contributed by atoms with van der Waals surface area (Å²) < 4.78 is 12.7. The Morgan fingerprint density at radius 2 is 0.973 bits per heavy atom. The maximum absolute atomic E-state index is 10.9. The van der Waals surface area contributed by atoms with Gasteiger partial charge in [0, 0.05) is 11.9 Å². The van der Waals surface area contributed by atoms with Gasteiger partial charge in [-0.2, -0.15) is 0 Å². The molecule has 0 aliphatic heterocycles. The molecule has 20 atom stereocenters. The predicted octanol–water partition coefficient (Wildman–Crippen LogP) is 18.0. The molecule has 4 nitrogen and oxygen atoms in total. The van der Waals surface area contributed by atoms with Crippen molar-refractivity contribution >= 4 is 15.9 Å². The van der Waals surface area contributed by atoms with Crippen LogP contribution in [0.1, 0.15) is 212 Å². The maximum atomic E-state index is 10.9. The van der Waals surface area contributed by atoms with Crippen molar-refractivity contribution < 1.29 is 19.7 Å². The molecule has 420 valence electrons. The van der Waals surface area contributed by atoms with Gasteiger partial charge in [-0.25, -0.2) is 0 Å². The number of aliphatic hydroxyl groups is 2. The molecule has 0 spiro atoms. The molecule has 0 heterocycles. The van der Waals surface area contributed by atoms with Crippen LogP contribution in [0.15, 0.2) is 62.3 Å². The van der Waals surface area contributed by atoms with Gasteiger partial charge in [0.15, 0.2) is 0 Å². The van der Waals surface area contributed by atoms with Crippen molar-refractivity contribution in [3.05, 3.63) is 62.3 Å². The first-order valence-corrected chi connectivity index (χ1v) is 32.0. The zero-order valence-corrected chi connectivity index (χ0v) is 51.5. The largest absolute Gasteiger partial charge is 0.396 e. The summed E-state index contributed by atoms with van der Waals surface area (Å²) in [5.74, 6) is 7.05. The van der Waals surface area contributed by atoms with E-state index in [-0.39, 0.29) is 22.3 Å². The fourth-order valence-corrected chi connectivity index (χ4v) is 23.9. The highest BCUT2D eigenvalue weighted by atomic mass is 79.9. The first kappa shape index (κ1) is 59.1. The standard InChI is InChI=1S/C36H58O2.C30H50O2.C3H5Br/c1-10-22-37-24-36-19-14-26(25(3)4)31(36)27-12-13-29-33(7)17-16-30(38-23-11-2)32(5,6)28(33)15-18-35(29,9)34(27,8)20-21-36;1-19(2)20-10-15-30(18-31)17-16-28(6)21(25(20)30)8-9-23-27(5)13-12-24(32)26(3,4)22(27)11-14-29(23,28)7;1-2-3-4/h10-11,26-31H,1-3,12-24H2,4-9H3;20-25,31-32H,1,8-18H2,2-7H3;2H,1,3H2/t26-,27+,28-,29+,30-,31+,33-,34+,35+,36+;20-,21+,22-,23+,24-,25+,27-,28+,29+,30+;/m00./s1. The topological polar surface area (TPSA) is 58.9 Å². The zero-order valence-electron chi connectivity index (χ0n) is 50.0. The average Bonchev–Trinajstić information content (AvgIpc) is 3.94. The van der Waals surface area contributed by atoms with Crippen LogP contribution in [0.25, 0.3) is 0 Å². The molecular formula is C69H113BrO4. The van der Waals surface area contributed by atoms with Gasteiger partial charge in [0.05, 0.1) is 32.0 Å². The van der Waals surface area contributed by atoms with Crippen LogP contribution in [0, 0.1) is 113 Å². The van der Waals surface area contributed by atoms with Crippen LogP contribution in [0.3, 0.4) is 0 Å². The second-order valence-electron chi connectivity index (χ2n) is 30.8. The highest BCUT2D eigenvalue weighted by Gasteiger charge is 2.73. The van der Waals surface area contributed by atoms with Crippen LogP contribution >= 0.6 is 15.9 Å². The molecule has 0 saturated heterocycles. The second kappa shape index (κ2) is 21.2. The number of hydrogen-bond acceptors (Lipinski definition) is 4. The van der Waals surface area contributed by atoms with E-state index in [1.54, 1.807) is 6.08 Å². The van der Waals surface area contributed by atoms with E-state index in [0.29, 0.717) is 87.5 Å². The van der Waals surface area contributed by atoms with Crippen LogP contribution in [0.4, 0.5) is 0 Å². The average molecular weight is 1090 g/mol. The van der Waals surface area contributed by atoms with Crippen molar-refractivity contribution in [2.45, 2.75) is 224 Å². The molecule has 10 saturated carbocycles. The Labute approximate surface area is 464 Å². The summed E-state index contributed by atoms with van der Waals surface area (Å²) in [5.41, 5.74) is 5.79. The van der Waals surface area contributed by atoms with E-state index in [2.05, 4.69) is 132 Å². The fraction of sp³-hybridized carbons (Fsp3) is 0.855. The first-order valence-electron chi connectivity index (χ1n) is 30.9. The van der Waals surface area contributed by atoms with Crippen LogP contribution in [0.2, 0.25) is 0 Å². The van der Waals surface area contributed by atoms with E-state index in [9.17, 15) is 10.2 Å². The minimum atomic E-state index is -0.147. The molecule has 0 radical (unpaired) electrons. The fourth-order valence-electron chi connectivity index (χ4n) is 23.9. The first-order chi connectivity index (χ1) is 34.7. The molecule has 0 aromatic heterocycles. The molecule has 0 unspecified atom stereocenters. The SMILES string of the molecule is C=C(C)[C@@H]1CC[C@]2(CO)CC[C@]3(C)[C@H](CC[C@@H]4[C@@]5(C)CC[C@H](O)C(C)(C)[C@@H]5CC[C@]43C)[C@@H]12.C=CCBr.C=CCOC[C@]12CC[C@@H](C(=C)C)[C@@H]1[C@H]1CC[C@@H]3[C@@]4(C)CC[C@H](OCC=C)C(C)(C)[C@@H]4CC[C@@]3(C)[C@]1(C)CC2. The van der Waals surface area contributed by atoms with Gasteiger partial charge in [0.2, 0.25) is 0 Å². The van der Waals surface area contributed by atoms with Gasteiger partial charge in [-0.05, 0) is 256 Å². The Bertz CT molecular complexity index is 2070. The minimum Gasteiger partial charge on any atom is -0.396 e. The Balaban J connectivity index is 0.000000186. The van der Waals surface area contributed by atoms with E-state index in [1.165, 1.54) is 133 Å². The third-order valence-corrected chi connectivity index (χ3v) is 28.3. The third kappa shape index (κ3) is 8.79. The summed E-state index contributed by atoms with van der Waals surface area (Å²) in [4.78, 5) is 0. The summed E-state index contributed by atoms with van der Waals surface area (Å²) >= 11 is 3.13. The molecule has 0 aromatic carbocycles. The van der Waals surface area contributed by atoms with Crippen molar-refractivity contribution in [3.8, 4) is 0 Å². The Morgan fingerprint density at radius 3 is 1.45 bits per heavy atom. The van der Waals surface area contributed by atoms with E-state index < -0.39 is 0 Å². The van der Waals surface area contributed by atoms with Gasteiger partial charge in [-0.3, -0.25) is 0 Å². The van der Waals surface area contributed by atoms with Crippen molar-refractivity contribution in [1.82, 2.24) is 0 Å². The molecule has 2 N–H and O–H groups in total. The molecule has 0 amide bonds. The lowest BCUT2D eigenvalue weighted by Crippen LogP contribution is -2.67. The Hall–Kier alpha value is -0.980. The number of hydrogen-bond donors (Lipinski definition) is 2. The lowest BCUT2D eigenvalue weighted by atomic mass is 9.32. The smallest absolute Gasteiger partial charge is 0.0648 e. The van der Waals surface area contributed by atoms with Gasteiger partial charge in [0.25, 0.3) is 0 Å². The number of rotatable bonds is 11. The zero-order chi connectivity index (χ0) is 54.3. The van der Waals surface area contributed by atoms with E-state index in [0.717, 1.165) is 53.9 Å². The van der Waals surface area contributed by atoms with Crippen LogP contribution < -0.4 is 0 Å². The summed E-state index contributed by atoms with van der Waals surface area (Å²) in [6.45, 7) is 53.4. The Kier molecular flexibility index (Phi) is 16.9. The monoisotopic (exact) mass is 1080 g/mol. The van der Waals surface area contributed by atoms with Crippen molar-refractivity contribution in [1.29, 1.82) is 0 Å². The third-order valence-electron chi connectivity index (χ3n) is 27.9. The summed E-state index contributed by atoms with van der Waals surface area (Å²) in [7, 11) is 0. The number of aliphatic hydroxyl groups excluding tert-OH is 2. The molecule has 10 rings (SSSR count). The summed E-state index contributed by atoms with van der Waals surface area (Å²) in [5, 5.41) is 22.4. The Morgan fingerprint density at radius 1 is 0.514 bits per heavy atom. The van der Waals surface area contributed by atoms with Gasteiger partial charge >= 0.3 is 0 Å². The van der Waals surface area contributed by atoms with Crippen LogP contribution in [-0.4, -0.2) is 54.2 Å². The normalized spacial score (nSPS) is 50.0. The van der Waals surface area contributed by atoms with E-state index in [4.69, 9.17) is 9.47 Å². The predicted molar refractivity (Wildman–Crippen MR) is 316 cm³/mol. The maximum Gasteiger partial charge on any atom is 0.0648 e. The molecule has 5 heteroatoms. The number of alkyl halides is 1. The highest BCUT2D eigenvalue weighted by molar-refractivity contribution is 9.09. The molecular weight excluding hydrogens is 973 g/mol. The summed E-state index contributed by atoms with van der Waals surface area (Å²) in [6, 6.07) is 0. The molecule has 10 aliphatic rings. The molecule has 74 heavy (non-hydrogen) atoms. The minimum absolute atomic E-state index is 0.0290. The van der Waals surface area contributed by atoms with E-state index in [1.807, 2.05) is 12.2 Å². The summed E-state index contributed by atoms with van der Waals surface area (Å²) in [6.07, 6.45) is 31.6. The molecule has 0 bridgehead atoms. The molecule has 10 aliphatic carbocycles. The van der Waals surface area contributed by atoms with Crippen LogP contribution in [-0.2, 0) is 9.47 Å². The number of fused-ring (bicyclic) bond motifs is 14. The number of ether oxygens (including phenoxy) is 2. The van der Waals surface area contributed by atoms with Crippen LogP contribution in [0.5, 0.6) is 0 Å². The molecule has 10 fully saturated rings. The van der Waals surface area contributed by atoms with Gasteiger partial charge in [-0.1, -0.05) is 128 Å². The van der Waals surface area contributed by atoms with Crippen molar-refractivity contribution in [2.24, 2.45) is 113 Å². The lowest BCUT2D eigenvalue weighted by Gasteiger charge is -2.73. The quantitative estimate of drug-likeness (QED) is 0.123. The number of allylic oxidation sites excluding steroid dienone is 3. The van der Waals surface area contributed by atoms with Gasteiger partial charge in [-0.15, -0.1) is 19.7 Å². The van der Waals surface area contributed by atoms with Gasteiger partial charge < -0.3 is 19.7 Å². The van der Waals surface area contributed by atoms with E-state index >= 15 is 0 Å². The number of halogens is 1. The molecule has 0 aromatic rings. The van der Waals surface area contributed by atoms with Crippen molar-refractivity contribution in [3.63, 3.8) is 0 Å². The van der Waals surface area contributed by atoms with Crippen molar-refractivity contribution in [2.75, 3.05) is 31.8 Å². The highest BCUT2D eigenvalue weighted by Crippen LogP contribution is 2.80. The van der Waals surface area contributed by atoms with Gasteiger partial charge in [0.1, 0.15) is 0 Å².